The van der Waals surface area contributed by atoms with Gasteiger partial charge in [-0.15, -0.1) is 0 Å². The first-order valence-corrected chi connectivity index (χ1v) is 6.09. The summed E-state index contributed by atoms with van der Waals surface area (Å²) in [5, 5.41) is 3.47. The predicted molar refractivity (Wildman–Crippen MR) is 65.0 cm³/mol. The lowest BCUT2D eigenvalue weighted by Crippen LogP contribution is -2.23. The number of nitrogens with zero attached hydrogens (tertiary/aromatic N) is 1. The topological polar surface area (TPSA) is 41.6 Å². The third-order valence-electron chi connectivity index (χ3n) is 3.16. The van der Waals surface area contributed by atoms with Gasteiger partial charge in [0, 0.05) is 18.3 Å². The van der Waals surface area contributed by atoms with Crippen LogP contribution in [0.5, 0.6) is 0 Å². The molecule has 1 N–H and O–H groups in total. The molecular formula is C13H16N2O2. The van der Waals surface area contributed by atoms with Crippen LogP contribution < -0.4 is 10.2 Å². The monoisotopic (exact) mass is 232 g/mol. The molecule has 1 aliphatic heterocycles. The van der Waals surface area contributed by atoms with E-state index in [0.29, 0.717) is 19.2 Å². The van der Waals surface area contributed by atoms with Crippen molar-refractivity contribution in [2.24, 2.45) is 0 Å². The van der Waals surface area contributed by atoms with E-state index in [9.17, 15) is 4.79 Å². The van der Waals surface area contributed by atoms with Crippen molar-refractivity contribution in [3.63, 3.8) is 0 Å². The van der Waals surface area contributed by atoms with Crippen LogP contribution in [0.15, 0.2) is 24.3 Å². The second-order valence-corrected chi connectivity index (χ2v) is 4.59. The minimum atomic E-state index is -0.239. The molecule has 0 bridgehead atoms. The van der Waals surface area contributed by atoms with Crippen LogP contribution in [0, 0.1) is 0 Å². The van der Waals surface area contributed by atoms with E-state index in [1.165, 1.54) is 18.4 Å². The van der Waals surface area contributed by atoms with Crippen LogP contribution in [-0.2, 0) is 11.3 Å². The summed E-state index contributed by atoms with van der Waals surface area (Å²) in [5.74, 6) is 0. The first kappa shape index (κ1) is 10.6. The zero-order valence-corrected chi connectivity index (χ0v) is 9.69. The van der Waals surface area contributed by atoms with E-state index in [4.69, 9.17) is 4.74 Å². The summed E-state index contributed by atoms with van der Waals surface area (Å²) in [6.07, 6.45) is 2.34. The van der Waals surface area contributed by atoms with Gasteiger partial charge in [0.2, 0.25) is 0 Å². The lowest BCUT2D eigenvalue weighted by atomic mass is 10.2. The average molecular weight is 232 g/mol. The normalized spacial score (nSPS) is 19.5. The fourth-order valence-electron chi connectivity index (χ4n) is 2.01. The van der Waals surface area contributed by atoms with Crippen molar-refractivity contribution in [1.82, 2.24) is 5.32 Å². The molecule has 1 aliphatic carbocycles. The number of carbonyl (C=O) groups excluding carboxylic acids is 1. The molecule has 0 unspecified atom stereocenters. The second-order valence-electron chi connectivity index (χ2n) is 4.59. The molecule has 90 valence electrons. The second kappa shape index (κ2) is 4.37. The molecule has 0 atom stereocenters. The first-order valence-electron chi connectivity index (χ1n) is 6.09. The van der Waals surface area contributed by atoms with Crippen molar-refractivity contribution < 1.29 is 9.53 Å². The maximum absolute atomic E-state index is 11.5. The molecule has 4 heteroatoms. The Balaban J connectivity index is 1.70. The Labute approximate surface area is 101 Å². The van der Waals surface area contributed by atoms with Crippen LogP contribution in [0.2, 0.25) is 0 Å². The van der Waals surface area contributed by atoms with E-state index in [2.05, 4.69) is 17.4 Å². The van der Waals surface area contributed by atoms with Gasteiger partial charge in [0.05, 0.1) is 6.54 Å². The van der Waals surface area contributed by atoms with Gasteiger partial charge in [-0.3, -0.25) is 4.90 Å². The van der Waals surface area contributed by atoms with Crippen LogP contribution >= 0.6 is 0 Å². The van der Waals surface area contributed by atoms with Crippen molar-refractivity contribution >= 4 is 11.8 Å². The molecule has 2 fully saturated rings. The molecule has 1 heterocycles. The average Bonchev–Trinajstić information content (AvgIpc) is 3.08. The summed E-state index contributed by atoms with van der Waals surface area (Å²) < 4.78 is 4.94. The number of rotatable bonds is 4. The van der Waals surface area contributed by atoms with Crippen LogP contribution in [-0.4, -0.2) is 25.3 Å². The summed E-state index contributed by atoms with van der Waals surface area (Å²) in [6, 6.07) is 8.79. The van der Waals surface area contributed by atoms with E-state index in [-0.39, 0.29) is 6.09 Å². The molecule has 0 radical (unpaired) electrons. The first-order chi connectivity index (χ1) is 8.33. The van der Waals surface area contributed by atoms with Crippen molar-refractivity contribution in [3.05, 3.63) is 29.8 Å². The highest BCUT2D eigenvalue weighted by atomic mass is 16.6. The van der Waals surface area contributed by atoms with Crippen LogP contribution in [0.1, 0.15) is 18.4 Å². The quantitative estimate of drug-likeness (QED) is 0.862. The highest BCUT2D eigenvalue weighted by Gasteiger charge is 2.24. The Bertz CT molecular complexity index is 429. The molecule has 0 aromatic heterocycles. The fraction of sp³-hybridized carbons (Fsp3) is 0.462. The summed E-state index contributed by atoms with van der Waals surface area (Å²) in [4.78, 5) is 13.1. The van der Waals surface area contributed by atoms with Gasteiger partial charge >= 0.3 is 6.09 Å². The summed E-state index contributed by atoms with van der Waals surface area (Å²) >= 11 is 0. The molecule has 4 nitrogen and oxygen atoms in total. The van der Waals surface area contributed by atoms with E-state index in [0.717, 1.165) is 12.2 Å². The Hall–Kier alpha value is -1.55. The zero-order chi connectivity index (χ0) is 11.7. The fourth-order valence-corrected chi connectivity index (χ4v) is 2.01. The van der Waals surface area contributed by atoms with Crippen molar-refractivity contribution in [2.45, 2.75) is 25.4 Å². The highest BCUT2D eigenvalue weighted by Crippen LogP contribution is 2.22. The summed E-state index contributed by atoms with van der Waals surface area (Å²) in [7, 11) is 0. The molecule has 1 aromatic carbocycles. The molecule has 1 saturated carbocycles. The molecule has 1 amide bonds. The Morgan fingerprint density at radius 1 is 1.41 bits per heavy atom. The maximum atomic E-state index is 11.5. The largest absolute Gasteiger partial charge is 0.447 e. The van der Waals surface area contributed by atoms with Crippen LogP contribution in [0.3, 0.4) is 0 Å². The Kier molecular flexibility index (Phi) is 2.73. The van der Waals surface area contributed by atoms with Crippen LogP contribution in [0.25, 0.3) is 0 Å². The molecule has 1 aromatic rings. The van der Waals surface area contributed by atoms with E-state index in [1.54, 1.807) is 4.90 Å². The molecule has 3 rings (SSSR count). The van der Waals surface area contributed by atoms with Gasteiger partial charge in [-0.1, -0.05) is 12.1 Å². The molecule has 1 saturated heterocycles. The molecule has 17 heavy (non-hydrogen) atoms. The number of amides is 1. The number of anilines is 1. The van der Waals surface area contributed by atoms with E-state index >= 15 is 0 Å². The van der Waals surface area contributed by atoms with Gasteiger partial charge in [0.25, 0.3) is 0 Å². The smallest absolute Gasteiger partial charge is 0.414 e. The number of ether oxygens (including phenoxy) is 1. The minimum absolute atomic E-state index is 0.239. The van der Waals surface area contributed by atoms with Crippen molar-refractivity contribution in [1.29, 1.82) is 0 Å². The van der Waals surface area contributed by atoms with Gasteiger partial charge in [0.1, 0.15) is 6.61 Å². The molecule has 2 aliphatic rings. The zero-order valence-electron chi connectivity index (χ0n) is 9.69. The number of hydrogen-bond acceptors (Lipinski definition) is 3. The molecular weight excluding hydrogens is 216 g/mol. The third-order valence-corrected chi connectivity index (χ3v) is 3.16. The SMILES string of the molecule is O=C1OCCN1c1cccc(CNC2CC2)c1. The third kappa shape index (κ3) is 2.42. The van der Waals surface area contributed by atoms with Gasteiger partial charge < -0.3 is 10.1 Å². The lowest BCUT2D eigenvalue weighted by molar-refractivity contribution is 0.181. The van der Waals surface area contributed by atoms with Gasteiger partial charge in [0.15, 0.2) is 0 Å². The number of hydrogen-bond donors (Lipinski definition) is 1. The van der Waals surface area contributed by atoms with Crippen molar-refractivity contribution in [2.75, 3.05) is 18.1 Å². The van der Waals surface area contributed by atoms with Gasteiger partial charge in [-0.25, -0.2) is 4.79 Å². The van der Waals surface area contributed by atoms with E-state index in [1.807, 2.05) is 12.1 Å². The number of cyclic esters (lactones) is 1. The number of carbonyl (C=O) groups is 1. The number of benzene rings is 1. The highest BCUT2D eigenvalue weighted by molar-refractivity contribution is 5.89. The van der Waals surface area contributed by atoms with Gasteiger partial charge in [-0.05, 0) is 30.5 Å². The maximum Gasteiger partial charge on any atom is 0.414 e. The Morgan fingerprint density at radius 3 is 3.00 bits per heavy atom. The Morgan fingerprint density at radius 2 is 2.29 bits per heavy atom. The summed E-state index contributed by atoms with van der Waals surface area (Å²) in [5.41, 5.74) is 2.15. The predicted octanol–water partition coefficient (Wildman–Crippen LogP) is 1.90. The molecule has 0 spiro atoms. The lowest BCUT2D eigenvalue weighted by Gasteiger charge is -2.14. The van der Waals surface area contributed by atoms with E-state index < -0.39 is 0 Å². The standard InChI is InChI=1S/C13H16N2O2/c16-13-15(6-7-17-13)12-3-1-2-10(8-12)9-14-11-4-5-11/h1-3,8,11,14H,4-7,9H2. The summed E-state index contributed by atoms with van der Waals surface area (Å²) in [6.45, 7) is 2.02. The van der Waals surface area contributed by atoms with Crippen molar-refractivity contribution in [3.8, 4) is 0 Å². The van der Waals surface area contributed by atoms with Gasteiger partial charge in [-0.2, -0.15) is 0 Å². The van der Waals surface area contributed by atoms with Crippen LogP contribution in [0.4, 0.5) is 10.5 Å². The number of nitrogens with one attached hydrogen (secondary N) is 1. The minimum Gasteiger partial charge on any atom is -0.447 e.